The van der Waals surface area contributed by atoms with Gasteiger partial charge in [-0.25, -0.2) is 0 Å². The van der Waals surface area contributed by atoms with E-state index in [9.17, 15) is 4.79 Å². The van der Waals surface area contributed by atoms with Crippen LogP contribution < -0.4 is 0 Å². The quantitative estimate of drug-likeness (QED) is 0.802. The molecule has 0 N–H and O–H groups in total. The molecular formula is C18H23NO3. The lowest BCUT2D eigenvalue weighted by Gasteiger charge is -2.30. The van der Waals surface area contributed by atoms with Gasteiger partial charge in [-0.15, -0.1) is 0 Å². The summed E-state index contributed by atoms with van der Waals surface area (Å²) in [5.41, 5.74) is 2.12. The van der Waals surface area contributed by atoms with E-state index in [0.29, 0.717) is 6.61 Å². The van der Waals surface area contributed by atoms with Crippen molar-refractivity contribution in [2.24, 2.45) is 10.9 Å². The summed E-state index contributed by atoms with van der Waals surface area (Å²) in [6, 6.07) is 10.2. The third kappa shape index (κ3) is 3.07. The highest BCUT2D eigenvalue weighted by atomic mass is 16.5. The molecule has 118 valence electrons. The van der Waals surface area contributed by atoms with Gasteiger partial charge in [-0.1, -0.05) is 30.3 Å². The van der Waals surface area contributed by atoms with Gasteiger partial charge in [0.2, 0.25) is 0 Å². The molecule has 0 aromatic heterocycles. The van der Waals surface area contributed by atoms with Gasteiger partial charge in [-0.2, -0.15) is 0 Å². The van der Waals surface area contributed by atoms with E-state index in [1.165, 1.54) is 0 Å². The van der Waals surface area contributed by atoms with Crippen LogP contribution in [0.4, 0.5) is 0 Å². The number of carbonyl (C=O) groups excluding carboxylic acids is 1. The molecule has 2 aliphatic heterocycles. The van der Waals surface area contributed by atoms with Crippen LogP contribution in [-0.2, 0) is 14.3 Å². The maximum Gasteiger partial charge on any atom is 0.317 e. The second-order valence-corrected chi connectivity index (χ2v) is 6.01. The molecule has 4 heteroatoms. The predicted octanol–water partition coefficient (Wildman–Crippen LogP) is 3.32. The second-order valence-electron chi connectivity index (χ2n) is 6.01. The molecule has 0 aliphatic carbocycles. The van der Waals surface area contributed by atoms with Crippen LogP contribution in [0.5, 0.6) is 0 Å². The summed E-state index contributed by atoms with van der Waals surface area (Å²) >= 11 is 0. The molecule has 2 aliphatic rings. The number of aliphatic imine (C=N–C) groups is 1. The summed E-state index contributed by atoms with van der Waals surface area (Å²) in [6.45, 7) is 4.30. The minimum Gasteiger partial charge on any atom is -0.465 e. The van der Waals surface area contributed by atoms with Gasteiger partial charge >= 0.3 is 5.97 Å². The highest BCUT2D eigenvalue weighted by Gasteiger charge is 2.45. The maximum atomic E-state index is 12.3. The van der Waals surface area contributed by atoms with Crippen LogP contribution in [0.2, 0.25) is 0 Å². The van der Waals surface area contributed by atoms with Gasteiger partial charge < -0.3 is 9.47 Å². The third-order valence-electron chi connectivity index (χ3n) is 4.49. The second kappa shape index (κ2) is 6.61. The van der Waals surface area contributed by atoms with Crippen molar-refractivity contribution in [3.8, 4) is 0 Å². The molecule has 4 nitrogen and oxygen atoms in total. The van der Waals surface area contributed by atoms with Crippen LogP contribution in [0.25, 0.3) is 0 Å². The Labute approximate surface area is 131 Å². The topological polar surface area (TPSA) is 47.9 Å². The molecule has 2 heterocycles. The molecular weight excluding hydrogens is 278 g/mol. The molecule has 0 saturated carbocycles. The lowest BCUT2D eigenvalue weighted by atomic mass is 9.92. The number of hydrogen-bond donors (Lipinski definition) is 0. The fourth-order valence-electron chi connectivity index (χ4n) is 3.41. The van der Waals surface area contributed by atoms with Crippen LogP contribution >= 0.6 is 0 Å². The molecule has 0 amide bonds. The minimum atomic E-state index is -0.329. The fourth-order valence-corrected chi connectivity index (χ4v) is 3.41. The smallest absolute Gasteiger partial charge is 0.317 e. The highest BCUT2D eigenvalue weighted by Crippen LogP contribution is 2.36. The zero-order valence-corrected chi connectivity index (χ0v) is 13.2. The lowest BCUT2D eigenvalue weighted by molar-refractivity contribution is -0.150. The molecule has 2 fully saturated rings. The van der Waals surface area contributed by atoms with Crippen molar-refractivity contribution in [1.29, 1.82) is 0 Å². The average Bonchev–Trinajstić information content (AvgIpc) is 2.90. The SMILES string of the molecule is CCOC(=O)C1C(=N[C@@H](C)c2ccccc2)CC2CCC1O2. The van der Waals surface area contributed by atoms with Gasteiger partial charge in [-0.05, 0) is 32.3 Å². The standard InChI is InChI=1S/C18H23NO3/c1-3-21-18(20)17-15(11-14-9-10-16(17)22-14)19-12(2)13-7-5-4-6-8-13/h4-8,12,14,16-17H,3,9-11H2,1-2H3/t12-,14?,16?,17?/m0/s1. The van der Waals surface area contributed by atoms with Crippen molar-refractivity contribution in [2.45, 2.75) is 51.4 Å². The molecule has 2 bridgehead atoms. The Kier molecular flexibility index (Phi) is 4.57. The summed E-state index contributed by atoms with van der Waals surface area (Å²) in [4.78, 5) is 17.2. The minimum absolute atomic E-state index is 0.0469. The van der Waals surface area contributed by atoms with Crippen LogP contribution in [0.15, 0.2) is 35.3 Å². The Morgan fingerprint density at radius 1 is 1.36 bits per heavy atom. The first-order chi connectivity index (χ1) is 10.7. The Balaban J connectivity index is 1.85. The fraction of sp³-hybridized carbons (Fsp3) is 0.556. The van der Waals surface area contributed by atoms with E-state index < -0.39 is 0 Å². The third-order valence-corrected chi connectivity index (χ3v) is 4.49. The highest BCUT2D eigenvalue weighted by molar-refractivity contribution is 6.03. The number of carbonyl (C=O) groups is 1. The van der Waals surface area contributed by atoms with E-state index in [1.54, 1.807) is 0 Å². The first-order valence-electron chi connectivity index (χ1n) is 8.12. The number of fused-ring (bicyclic) bond motifs is 2. The number of rotatable bonds is 4. The van der Waals surface area contributed by atoms with Gasteiger partial charge in [0.05, 0.1) is 24.9 Å². The van der Waals surface area contributed by atoms with E-state index in [-0.39, 0.29) is 30.1 Å². The summed E-state index contributed by atoms with van der Waals surface area (Å²) < 4.78 is 11.2. The number of benzene rings is 1. The van der Waals surface area contributed by atoms with Crippen molar-refractivity contribution in [2.75, 3.05) is 6.61 Å². The first kappa shape index (κ1) is 15.2. The van der Waals surface area contributed by atoms with Crippen LogP contribution in [0.1, 0.15) is 44.7 Å². The Morgan fingerprint density at radius 2 is 2.14 bits per heavy atom. The molecule has 3 unspecified atom stereocenters. The summed E-state index contributed by atoms with van der Waals surface area (Å²) in [5, 5.41) is 0. The Bertz CT molecular complexity index is 555. The van der Waals surface area contributed by atoms with Gasteiger partial charge in [0.15, 0.2) is 0 Å². The van der Waals surface area contributed by atoms with Crippen molar-refractivity contribution < 1.29 is 14.3 Å². The first-order valence-corrected chi connectivity index (χ1v) is 8.12. The summed E-state index contributed by atoms with van der Waals surface area (Å²) in [5.74, 6) is -0.517. The maximum absolute atomic E-state index is 12.3. The molecule has 22 heavy (non-hydrogen) atoms. The molecule has 4 atom stereocenters. The number of esters is 1. The van der Waals surface area contributed by atoms with E-state index in [1.807, 2.05) is 25.1 Å². The molecule has 0 radical (unpaired) electrons. The van der Waals surface area contributed by atoms with E-state index in [0.717, 1.165) is 30.5 Å². The average molecular weight is 301 g/mol. The molecule has 2 saturated heterocycles. The zero-order chi connectivity index (χ0) is 15.5. The summed E-state index contributed by atoms with van der Waals surface area (Å²) in [7, 11) is 0. The zero-order valence-electron chi connectivity index (χ0n) is 13.2. The van der Waals surface area contributed by atoms with E-state index in [2.05, 4.69) is 19.1 Å². The molecule has 1 aromatic rings. The van der Waals surface area contributed by atoms with Crippen molar-refractivity contribution in [3.05, 3.63) is 35.9 Å². The summed E-state index contributed by atoms with van der Waals surface area (Å²) in [6.07, 6.45) is 2.85. The van der Waals surface area contributed by atoms with Crippen LogP contribution in [0.3, 0.4) is 0 Å². The molecule has 3 rings (SSSR count). The normalized spacial score (nSPS) is 30.3. The lowest BCUT2D eigenvalue weighted by Crippen LogP contribution is -2.41. The largest absolute Gasteiger partial charge is 0.465 e. The number of ether oxygens (including phenoxy) is 2. The van der Waals surface area contributed by atoms with Gasteiger partial charge in [0.1, 0.15) is 5.92 Å². The Morgan fingerprint density at radius 3 is 2.86 bits per heavy atom. The molecule has 0 spiro atoms. The molecule has 1 aromatic carbocycles. The van der Waals surface area contributed by atoms with Crippen LogP contribution in [-0.4, -0.2) is 30.5 Å². The number of nitrogens with zero attached hydrogens (tertiary/aromatic N) is 1. The van der Waals surface area contributed by atoms with Crippen molar-refractivity contribution in [1.82, 2.24) is 0 Å². The van der Waals surface area contributed by atoms with Gasteiger partial charge in [0, 0.05) is 12.1 Å². The monoisotopic (exact) mass is 301 g/mol. The predicted molar refractivity (Wildman–Crippen MR) is 84.9 cm³/mol. The Hall–Kier alpha value is -1.68. The van der Waals surface area contributed by atoms with Crippen molar-refractivity contribution in [3.63, 3.8) is 0 Å². The van der Waals surface area contributed by atoms with Gasteiger partial charge in [0.25, 0.3) is 0 Å². The van der Waals surface area contributed by atoms with Gasteiger partial charge in [-0.3, -0.25) is 9.79 Å². The number of hydrogen-bond acceptors (Lipinski definition) is 4. The van der Waals surface area contributed by atoms with E-state index >= 15 is 0 Å². The van der Waals surface area contributed by atoms with Crippen molar-refractivity contribution >= 4 is 11.7 Å². The van der Waals surface area contributed by atoms with E-state index in [4.69, 9.17) is 14.5 Å². The van der Waals surface area contributed by atoms with Crippen LogP contribution in [0, 0.1) is 5.92 Å².